The number of nitrogens with zero attached hydrogens (tertiary/aromatic N) is 1. The third-order valence-electron chi connectivity index (χ3n) is 3.43. The van der Waals surface area contributed by atoms with Gasteiger partial charge in [0.15, 0.2) is 0 Å². The molecule has 2 aromatic carbocycles. The second-order valence-corrected chi connectivity index (χ2v) is 6.00. The first-order chi connectivity index (χ1) is 9.99. The zero-order valence-corrected chi connectivity index (χ0v) is 14.1. The lowest BCUT2D eigenvalue weighted by Crippen LogP contribution is -2.31. The molecule has 0 unspecified atom stereocenters. The quantitative estimate of drug-likeness (QED) is 0.855. The molecule has 0 aliphatic heterocycles. The molecule has 1 N–H and O–H groups in total. The molecule has 0 saturated carbocycles. The number of nitrogens with one attached hydrogen (secondary N) is 1. The molecule has 0 radical (unpaired) electrons. The smallest absolute Gasteiger partial charge is 0.321 e. The predicted octanol–water partition coefficient (Wildman–Crippen LogP) is 4.73. The normalized spacial score (nSPS) is 10.3. The number of rotatable bonds is 3. The number of carbonyl (C=O) groups is 1. The Morgan fingerprint density at radius 1 is 1.10 bits per heavy atom. The lowest BCUT2D eigenvalue weighted by Gasteiger charge is -2.20. The molecule has 0 heterocycles. The molecular formula is C17H19BrN2O. The Hall–Kier alpha value is -1.81. The topological polar surface area (TPSA) is 32.3 Å². The van der Waals surface area contributed by atoms with E-state index in [4.69, 9.17) is 0 Å². The Kier molecular flexibility index (Phi) is 5.02. The van der Waals surface area contributed by atoms with Crippen LogP contribution in [0.1, 0.15) is 16.7 Å². The van der Waals surface area contributed by atoms with E-state index in [1.807, 2.05) is 56.3 Å². The van der Waals surface area contributed by atoms with Crippen LogP contribution in [-0.4, -0.2) is 18.0 Å². The largest absolute Gasteiger partial charge is 0.323 e. The second-order valence-electron chi connectivity index (χ2n) is 5.14. The zero-order valence-electron chi connectivity index (χ0n) is 12.5. The van der Waals surface area contributed by atoms with Crippen molar-refractivity contribution in [3.05, 3.63) is 63.6 Å². The van der Waals surface area contributed by atoms with Gasteiger partial charge in [0.1, 0.15) is 0 Å². The van der Waals surface area contributed by atoms with Crippen molar-refractivity contribution in [1.29, 1.82) is 0 Å². The number of carbonyl (C=O) groups excluding carboxylic acids is 1. The van der Waals surface area contributed by atoms with E-state index < -0.39 is 0 Å². The van der Waals surface area contributed by atoms with Crippen molar-refractivity contribution in [2.45, 2.75) is 20.4 Å². The molecule has 0 aliphatic carbocycles. The van der Waals surface area contributed by atoms with E-state index in [2.05, 4.69) is 21.2 Å². The van der Waals surface area contributed by atoms with E-state index >= 15 is 0 Å². The summed E-state index contributed by atoms with van der Waals surface area (Å²) in [5.74, 6) is 0. The van der Waals surface area contributed by atoms with Gasteiger partial charge in [-0.15, -0.1) is 0 Å². The lowest BCUT2D eigenvalue weighted by atomic mass is 10.1. The molecule has 21 heavy (non-hydrogen) atoms. The van der Waals surface area contributed by atoms with Crippen molar-refractivity contribution in [1.82, 2.24) is 4.90 Å². The van der Waals surface area contributed by atoms with Gasteiger partial charge in [-0.25, -0.2) is 4.79 Å². The van der Waals surface area contributed by atoms with Gasteiger partial charge >= 0.3 is 6.03 Å². The first-order valence-corrected chi connectivity index (χ1v) is 7.60. The standard InChI is InChI=1S/C17H19BrN2O/c1-12-7-6-8-13(2)16(12)19-17(21)20(3)11-14-9-4-5-10-15(14)18/h4-10H,11H2,1-3H3,(H,19,21). The molecule has 0 fully saturated rings. The van der Waals surface area contributed by atoms with Crippen LogP contribution in [0.5, 0.6) is 0 Å². The minimum absolute atomic E-state index is 0.108. The van der Waals surface area contributed by atoms with Gasteiger partial charge in [-0.3, -0.25) is 0 Å². The van der Waals surface area contributed by atoms with Gasteiger partial charge < -0.3 is 10.2 Å². The van der Waals surface area contributed by atoms with Gasteiger partial charge in [0.2, 0.25) is 0 Å². The van der Waals surface area contributed by atoms with Gasteiger partial charge in [0, 0.05) is 23.8 Å². The van der Waals surface area contributed by atoms with E-state index in [9.17, 15) is 4.79 Å². The molecule has 110 valence electrons. The fraction of sp³-hybridized carbons (Fsp3) is 0.235. The Balaban J connectivity index is 2.08. The highest BCUT2D eigenvalue weighted by Gasteiger charge is 2.13. The molecule has 0 aliphatic rings. The maximum atomic E-state index is 12.3. The summed E-state index contributed by atoms with van der Waals surface area (Å²) >= 11 is 3.51. The van der Waals surface area contributed by atoms with Crippen LogP contribution in [0.4, 0.5) is 10.5 Å². The summed E-state index contributed by atoms with van der Waals surface area (Å²) in [5, 5.41) is 2.99. The van der Waals surface area contributed by atoms with Crippen molar-refractivity contribution in [3.8, 4) is 0 Å². The first kappa shape index (κ1) is 15.6. The van der Waals surface area contributed by atoms with Crippen molar-refractivity contribution < 1.29 is 4.79 Å². The van der Waals surface area contributed by atoms with Crippen LogP contribution in [-0.2, 0) is 6.54 Å². The number of aryl methyl sites for hydroxylation is 2. The number of amides is 2. The first-order valence-electron chi connectivity index (χ1n) is 6.81. The number of hydrogen-bond acceptors (Lipinski definition) is 1. The van der Waals surface area contributed by atoms with Crippen LogP contribution in [0, 0.1) is 13.8 Å². The SMILES string of the molecule is Cc1cccc(C)c1NC(=O)N(C)Cc1ccccc1Br. The number of anilines is 1. The Morgan fingerprint density at radius 2 is 1.71 bits per heavy atom. The molecule has 0 bridgehead atoms. The van der Waals surface area contributed by atoms with Crippen LogP contribution >= 0.6 is 15.9 Å². The van der Waals surface area contributed by atoms with Crippen LogP contribution in [0.3, 0.4) is 0 Å². The highest BCUT2D eigenvalue weighted by molar-refractivity contribution is 9.10. The maximum Gasteiger partial charge on any atom is 0.321 e. The average Bonchev–Trinajstić information content (AvgIpc) is 2.45. The number of benzene rings is 2. The van der Waals surface area contributed by atoms with Crippen LogP contribution in [0.25, 0.3) is 0 Å². The number of para-hydroxylation sites is 1. The molecule has 2 amide bonds. The predicted molar refractivity (Wildman–Crippen MR) is 90.5 cm³/mol. The fourth-order valence-electron chi connectivity index (χ4n) is 2.17. The van der Waals surface area contributed by atoms with E-state index in [1.165, 1.54) is 0 Å². The van der Waals surface area contributed by atoms with Gasteiger partial charge in [0.05, 0.1) is 0 Å². The third kappa shape index (κ3) is 3.85. The number of urea groups is 1. The van der Waals surface area contributed by atoms with Crippen molar-refractivity contribution in [3.63, 3.8) is 0 Å². The number of halogens is 1. The summed E-state index contributed by atoms with van der Waals surface area (Å²) in [6, 6.07) is 13.8. The van der Waals surface area contributed by atoms with E-state index in [0.717, 1.165) is 26.9 Å². The van der Waals surface area contributed by atoms with E-state index in [-0.39, 0.29) is 6.03 Å². The van der Waals surface area contributed by atoms with Gasteiger partial charge in [-0.05, 0) is 36.6 Å². The minimum atomic E-state index is -0.108. The lowest BCUT2D eigenvalue weighted by molar-refractivity contribution is 0.220. The molecule has 2 aromatic rings. The summed E-state index contributed by atoms with van der Waals surface area (Å²) in [6.45, 7) is 4.55. The molecule has 3 nitrogen and oxygen atoms in total. The van der Waals surface area contributed by atoms with Crippen molar-refractivity contribution >= 4 is 27.6 Å². The molecular weight excluding hydrogens is 328 g/mol. The third-order valence-corrected chi connectivity index (χ3v) is 4.20. The number of hydrogen-bond donors (Lipinski definition) is 1. The maximum absolute atomic E-state index is 12.3. The molecule has 2 rings (SSSR count). The van der Waals surface area contributed by atoms with Gasteiger partial charge in [-0.1, -0.05) is 52.3 Å². The molecule has 0 aromatic heterocycles. The summed E-state index contributed by atoms with van der Waals surface area (Å²) in [6.07, 6.45) is 0. The molecule has 4 heteroatoms. The molecule has 0 saturated heterocycles. The summed E-state index contributed by atoms with van der Waals surface area (Å²) in [4.78, 5) is 14.0. The highest BCUT2D eigenvalue weighted by atomic mass is 79.9. The minimum Gasteiger partial charge on any atom is -0.323 e. The van der Waals surface area contributed by atoms with Crippen LogP contribution in [0.2, 0.25) is 0 Å². The molecule has 0 atom stereocenters. The fourth-order valence-corrected chi connectivity index (χ4v) is 2.58. The Bertz CT molecular complexity index is 635. The van der Waals surface area contributed by atoms with Gasteiger partial charge in [0.25, 0.3) is 0 Å². The summed E-state index contributed by atoms with van der Waals surface area (Å²) < 4.78 is 1.01. The second kappa shape index (κ2) is 6.76. The Labute approximate surface area is 134 Å². The molecule has 0 spiro atoms. The summed E-state index contributed by atoms with van der Waals surface area (Å²) in [5.41, 5.74) is 4.11. The summed E-state index contributed by atoms with van der Waals surface area (Å²) in [7, 11) is 1.79. The van der Waals surface area contributed by atoms with Gasteiger partial charge in [-0.2, -0.15) is 0 Å². The Morgan fingerprint density at radius 3 is 2.33 bits per heavy atom. The van der Waals surface area contributed by atoms with E-state index in [1.54, 1.807) is 11.9 Å². The van der Waals surface area contributed by atoms with Crippen LogP contribution < -0.4 is 5.32 Å². The van der Waals surface area contributed by atoms with Crippen LogP contribution in [0.15, 0.2) is 46.9 Å². The average molecular weight is 347 g/mol. The zero-order chi connectivity index (χ0) is 15.4. The monoisotopic (exact) mass is 346 g/mol. The van der Waals surface area contributed by atoms with Crippen molar-refractivity contribution in [2.75, 3.05) is 12.4 Å². The highest BCUT2D eigenvalue weighted by Crippen LogP contribution is 2.21. The van der Waals surface area contributed by atoms with E-state index in [0.29, 0.717) is 6.54 Å². The van der Waals surface area contributed by atoms with Crippen molar-refractivity contribution in [2.24, 2.45) is 0 Å².